The van der Waals surface area contributed by atoms with E-state index < -0.39 is 114 Å². The molecule has 16 rings (SSSR count). The van der Waals surface area contributed by atoms with Gasteiger partial charge in [-0.25, -0.2) is 30.7 Å². The number of ketones is 4. The van der Waals surface area contributed by atoms with E-state index in [2.05, 4.69) is 30.9 Å². The van der Waals surface area contributed by atoms with Gasteiger partial charge >= 0.3 is 24.5 Å². The number of fused-ring (bicyclic) bond motifs is 4. The lowest BCUT2D eigenvalue weighted by atomic mass is 10.1. The Morgan fingerprint density at radius 3 is 1.12 bits per heavy atom. The number of amides is 3. The smallest absolute Gasteiger partial charge is 0.417 e. The van der Waals surface area contributed by atoms with Crippen molar-refractivity contribution in [3.8, 4) is 46.0 Å². The summed E-state index contributed by atoms with van der Waals surface area (Å²) in [5.41, 5.74) is -0.772. The number of carbonyl (C=O) groups is 8. The molecule has 3 heterocycles. The van der Waals surface area contributed by atoms with Crippen LogP contribution in [0, 0.1) is 40.7 Å². The lowest BCUT2D eigenvalue weighted by Crippen LogP contribution is -2.27. The maximum Gasteiger partial charge on any atom is 0.417 e. The molecule has 7 aliphatic rings. The minimum atomic E-state index is -4.84. The summed E-state index contributed by atoms with van der Waals surface area (Å²) in [6.07, 6.45) is -0.575. The number of alkyl halides is 10. The molecular weight excluding hydrogens is 1830 g/mol. The second-order valence-electron chi connectivity index (χ2n) is 28.4. The summed E-state index contributed by atoms with van der Waals surface area (Å²) in [6, 6.07) is 24.1. The predicted molar refractivity (Wildman–Crippen MR) is 444 cm³/mol. The molecule has 0 unspecified atom stereocenters. The molecule has 3 amide bonds. The molecule has 0 radical (unpaired) electrons. The largest absolute Gasteiger partial charge is 0.508 e. The Kier molecular flexibility index (Phi) is 33.3. The summed E-state index contributed by atoms with van der Waals surface area (Å²) in [5.74, 6) is -7.53. The zero-order valence-electron chi connectivity index (χ0n) is 66.7. The number of hydrogen-bond donors (Lipinski definition) is 6. The third kappa shape index (κ3) is 26.5. The summed E-state index contributed by atoms with van der Waals surface area (Å²) in [5, 5.41) is 31.9. The Morgan fingerprint density at radius 2 is 0.738 bits per heavy atom. The number of ether oxygens (including phenoxy) is 3. The van der Waals surface area contributed by atoms with E-state index in [0.717, 1.165) is 55.2 Å². The number of nitrogens with zero attached hydrogens (tertiary/aromatic N) is 3. The van der Waals surface area contributed by atoms with Gasteiger partial charge in [-0.05, 0) is 220 Å². The highest BCUT2D eigenvalue weighted by Crippen LogP contribution is 2.46. The number of nitrogens with one attached hydrogen (secondary N) is 3. The molecule has 20 nitrogen and oxygen atoms in total. The molecule has 0 saturated heterocycles. The SMILES string of the molecule is O=C(CCCl)Oc1ccc(F)cc1.O=C1C=C(NC(=O)c2cc(Cl)c(C(F)(F)F)cc2F)C=NC1.O=C1C=C(NC(=O)c2cc(Cl)c(C(F)(F)F)cc2Oc2ccc(F)c3c2CCC3)C=NC1.O=C1C=C(NC(=O)c2cc(Cl)c(C(F)(F)F)cc2Oc2ccc(F)c3c2CCC3)C=NC1.O=C1CCc2c(F)ccc(O)c21.Oc1ccc(F)c2c1CCC2.Oc1ccc(F)cc1. The first kappa shape index (κ1) is 99.0. The quantitative estimate of drug-likeness (QED) is 0.0271. The van der Waals surface area contributed by atoms with Crippen LogP contribution in [0.3, 0.4) is 0 Å². The van der Waals surface area contributed by atoms with Crippen molar-refractivity contribution in [3.05, 3.63) is 302 Å². The highest BCUT2D eigenvalue weighted by molar-refractivity contribution is 6.33. The van der Waals surface area contributed by atoms with Crippen LogP contribution in [0.15, 0.2) is 184 Å². The first-order valence-corrected chi connectivity index (χ1v) is 40.1. The molecule has 0 saturated carbocycles. The molecule has 0 atom stereocenters. The van der Waals surface area contributed by atoms with Gasteiger partial charge in [-0.3, -0.25) is 53.3 Å². The lowest BCUT2D eigenvalue weighted by Gasteiger charge is -2.18. The zero-order valence-corrected chi connectivity index (χ0v) is 69.7. The molecule has 680 valence electrons. The minimum absolute atomic E-state index is 0.0108. The third-order valence-electron chi connectivity index (χ3n) is 19.3. The number of benzene rings is 9. The number of carbonyl (C=O) groups excluding carboxylic acids is 8. The number of rotatable bonds is 13. The normalized spacial score (nSPS) is 14.3. The second kappa shape index (κ2) is 43.7. The minimum Gasteiger partial charge on any atom is -0.508 e. The maximum atomic E-state index is 14.1. The number of esters is 1. The number of allylic oxidation sites excluding steroid dienone is 3. The molecule has 3 aliphatic heterocycles. The number of Topliss-reactive ketones (excluding diaryl/α,β-unsaturated/α-hetero) is 1. The zero-order chi connectivity index (χ0) is 94.8. The first-order valence-electron chi connectivity index (χ1n) is 38.5. The molecule has 9 aromatic rings. The van der Waals surface area contributed by atoms with Crippen molar-refractivity contribution < 1.29 is 138 Å². The third-order valence-corrected chi connectivity index (χ3v) is 20.4. The number of phenols is 3. The van der Waals surface area contributed by atoms with Gasteiger partial charge < -0.3 is 45.5 Å². The Balaban J connectivity index is 0.000000166. The van der Waals surface area contributed by atoms with Gasteiger partial charge in [0.05, 0.1) is 77.5 Å². The monoisotopic (exact) mass is 1900 g/mol. The van der Waals surface area contributed by atoms with Crippen molar-refractivity contribution >= 4 is 112 Å². The van der Waals surface area contributed by atoms with Gasteiger partial charge in [0, 0.05) is 65.9 Å². The Labute approximate surface area is 746 Å². The lowest BCUT2D eigenvalue weighted by molar-refractivity contribution is -0.138. The highest BCUT2D eigenvalue weighted by Gasteiger charge is 2.39. The van der Waals surface area contributed by atoms with E-state index in [-0.39, 0.29) is 141 Å². The summed E-state index contributed by atoms with van der Waals surface area (Å²) < 4.78 is 227. The van der Waals surface area contributed by atoms with Crippen LogP contribution in [0.25, 0.3) is 0 Å². The maximum absolute atomic E-state index is 14.1. The van der Waals surface area contributed by atoms with Crippen molar-refractivity contribution in [1.29, 1.82) is 0 Å². The fraction of sp³-hybridized carbons (Fsp3) is 0.211. The van der Waals surface area contributed by atoms with Crippen LogP contribution in [-0.4, -0.2) is 106 Å². The van der Waals surface area contributed by atoms with Crippen LogP contribution in [0.4, 0.5) is 70.2 Å². The van der Waals surface area contributed by atoms with Crippen molar-refractivity contribution in [3.63, 3.8) is 0 Å². The number of dihydropyridines is 3. The topological polar surface area (TPSA) is 298 Å². The van der Waals surface area contributed by atoms with Gasteiger partial charge in [0.1, 0.15) is 106 Å². The van der Waals surface area contributed by atoms with Crippen LogP contribution >= 0.6 is 46.4 Å². The number of halogens is 20. The van der Waals surface area contributed by atoms with E-state index in [0.29, 0.717) is 109 Å². The van der Waals surface area contributed by atoms with Crippen molar-refractivity contribution in [2.45, 2.75) is 95.6 Å². The van der Waals surface area contributed by atoms with E-state index in [9.17, 15) is 119 Å². The van der Waals surface area contributed by atoms with E-state index in [4.69, 9.17) is 65.7 Å². The van der Waals surface area contributed by atoms with E-state index in [1.807, 2.05) is 0 Å². The van der Waals surface area contributed by atoms with E-state index in [1.165, 1.54) is 116 Å². The van der Waals surface area contributed by atoms with Crippen molar-refractivity contribution in [2.24, 2.45) is 15.0 Å². The van der Waals surface area contributed by atoms with Crippen LogP contribution < -0.4 is 30.2 Å². The average molecular weight is 1900 g/mol. The van der Waals surface area contributed by atoms with Gasteiger partial charge in [0.2, 0.25) is 0 Å². The van der Waals surface area contributed by atoms with Crippen LogP contribution in [0.1, 0.15) is 129 Å². The van der Waals surface area contributed by atoms with Gasteiger partial charge in [-0.2, -0.15) is 39.5 Å². The molecular formula is C90H66Cl4F16N6O14. The highest BCUT2D eigenvalue weighted by atomic mass is 35.5. The van der Waals surface area contributed by atoms with Gasteiger partial charge in [0.25, 0.3) is 17.7 Å². The summed E-state index contributed by atoms with van der Waals surface area (Å²) in [6.45, 7) is -0.190. The molecule has 130 heavy (non-hydrogen) atoms. The van der Waals surface area contributed by atoms with Crippen molar-refractivity contribution in [1.82, 2.24) is 16.0 Å². The Morgan fingerprint density at radius 1 is 0.385 bits per heavy atom. The summed E-state index contributed by atoms with van der Waals surface area (Å²) in [4.78, 5) is 105. The van der Waals surface area contributed by atoms with Crippen LogP contribution in [-0.2, 0) is 82.7 Å². The summed E-state index contributed by atoms with van der Waals surface area (Å²) >= 11 is 22.4. The molecule has 6 N–H and O–H groups in total. The molecule has 0 bridgehead atoms. The van der Waals surface area contributed by atoms with Gasteiger partial charge in [-0.1, -0.05) is 34.8 Å². The standard InChI is InChI=1S/2C22H15ClF4N2O3.C13H7ClF4N2O2.C9H8ClFO2.C9H7FO2.C9H9FO.C6H5FO/c2*23-17-7-15(21(31)29-11-6-12(30)10-28-9-11)20(8-16(17)22(25,26)27)32-19-5-4-18(24)13-2-1-3-14(13)19;14-10-2-8(11(15)3-9(10)13(16,17)18)12(22)20-6-1-7(21)5-19-4-6;10-6-5-9(12)13-8-3-1-7(11)2-4-8;10-6-2-4-8(12)9-5(6)1-3-7(9)11;10-8-4-5-9(11)7-3-1-2-6(7)8;7-5-1-3-6(8)4-2-5/h2*4-9H,1-3,10H2,(H,29,31);1-4H,5H2,(H,20,22);1-4H,5-6H2;2,4,12H,1,3H2;4-5,11H,1-3H2;1-4,8H. The molecule has 0 spiro atoms. The molecule has 4 aliphatic carbocycles. The number of aromatic hydroxyl groups is 3. The number of phenolic OH excluding ortho intramolecular Hbond substituents is 3. The van der Waals surface area contributed by atoms with Gasteiger partial charge in [-0.15, -0.1) is 11.6 Å². The van der Waals surface area contributed by atoms with Crippen LogP contribution in [0.2, 0.25) is 15.1 Å². The van der Waals surface area contributed by atoms with Crippen LogP contribution in [0.5, 0.6) is 46.0 Å². The molecule has 0 fully saturated rings. The number of aliphatic imine (C=N–C) groups is 3. The van der Waals surface area contributed by atoms with Crippen molar-refractivity contribution in [2.75, 3.05) is 25.5 Å². The van der Waals surface area contributed by atoms with Gasteiger partial charge in [0.15, 0.2) is 23.1 Å². The molecule has 40 heteroatoms. The average Bonchev–Trinajstić information content (AvgIpc) is 1.76. The number of hydrogen-bond acceptors (Lipinski definition) is 17. The Bertz CT molecular complexity index is 5870. The molecule has 9 aromatic carbocycles. The Hall–Kier alpha value is -13.2. The summed E-state index contributed by atoms with van der Waals surface area (Å²) in [7, 11) is 0. The van der Waals surface area contributed by atoms with E-state index >= 15 is 0 Å². The second-order valence-corrected chi connectivity index (χ2v) is 30.0. The molecule has 0 aromatic heterocycles. The first-order chi connectivity index (χ1) is 61.4. The predicted octanol–water partition coefficient (Wildman–Crippen LogP) is 20.4. The van der Waals surface area contributed by atoms with E-state index in [1.54, 1.807) is 0 Å². The fourth-order valence-corrected chi connectivity index (χ4v) is 14.3. The fourth-order valence-electron chi connectivity index (χ4n) is 13.3.